The van der Waals surface area contributed by atoms with Crippen LogP contribution in [0.4, 0.5) is 0 Å². The molecule has 4 heterocycles. The van der Waals surface area contributed by atoms with E-state index in [0.29, 0.717) is 5.92 Å². The van der Waals surface area contributed by atoms with Gasteiger partial charge in [0.1, 0.15) is 10.4 Å². The van der Waals surface area contributed by atoms with Crippen LogP contribution < -0.4 is 4.74 Å². The van der Waals surface area contributed by atoms with E-state index in [9.17, 15) is 18.3 Å². The van der Waals surface area contributed by atoms with Gasteiger partial charge in [0.05, 0.1) is 31.7 Å². The number of sulfonamides is 1. The van der Waals surface area contributed by atoms with Crippen LogP contribution in [0.2, 0.25) is 0 Å². The van der Waals surface area contributed by atoms with Crippen molar-refractivity contribution in [2.24, 2.45) is 5.92 Å². The van der Waals surface area contributed by atoms with Crippen LogP contribution in [-0.4, -0.2) is 69.1 Å². The maximum Gasteiger partial charge on any atom is 0.304 e. The summed E-state index contributed by atoms with van der Waals surface area (Å²) in [5.41, 5.74) is 5.16. The lowest BCUT2D eigenvalue weighted by Crippen LogP contribution is -2.60. The lowest BCUT2D eigenvalue weighted by molar-refractivity contribution is -0.166. The SMILES string of the molecule is Cc1ccc(C(CC(=O)O)c2ccc3c(nnn3CC3CC3)c2C)cc1CN1CC2(COC2)Oc2ncccc2S1(=O)=O. The highest BCUT2D eigenvalue weighted by Crippen LogP contribution is 2.39. The summed E-state index contributed by atoms with van der Waals surface area (Å²) in [6.07, 6.45) is 3.80. The largest absolute Gasteiger partial charge is 0.481 e. The predicted molar refractivity (Wildman–Crippen MR) is 156 cm³/mol. The molecule has 2 fully saturated rings. The standard InChI is InChI=1S/C31H33N5O6S/c1-19-5-8-22(25(13-28(37)38)24-9-10-26-29(20(24)2)33-34-36(26)14-21-6-7-21)12-23(19)15-35-16-31(17-41-18-31)42-30-27(43(35,39)40)4-3-11-32-30/h3-5,8-12,21,25H,6-7,13-18H2,1-2H3,(H,37,38). The molecule has 12 heteroatoms. The summed E-state index contributed by atoms with van der Waals surface area (Å²) < 4.78 is 42.7. The second kappa shape index (κ2) is 10.4. The first-order valence-corrected chi connectivity index (χ1v) is 15.9. The van der Waals surface area contributed by atoms with E-state index >= 15 is 0 Å². The summed E-state index contributed by atoms with van der Waals surface area (Å²) in [6, 6.07) is 12.9. The quantitative estimate of drug-likeness (QED) is 0.319. The van der Waals surface area contributed by atoms with Crippen LogP contribution in [0.15, 0.2) is 53.6 Å². The average Bonchev–Trinajstić information content (AvgIpc) is 3.70. The molecule has 1 saturated carbocycles. The van der Waals surface area contributed by atoms with Crippen molar-refractivity contribution in [2.75, 3.05) is 19.8 Å². The van der Waals surface area contributed by atoms with E-state index in [-0.39, 0.29) is 43.5 Å². The summed E-state index contributed by atoms with van der Waals surface area (Å²) in [5.74, 6) is -0.658. The zero-order chi connectivity index (χ0) is 29.9. The minimum Gasteiger partial charge on any atom is -0.481 e. The monoisotopic (exact) mass is 603 g/mol. The lowest BCUT2D eigenvalue weighted by Gasteiger charge is -2.41. The third-order valence-electron chi connectivity index (χ3n) is 8.85. The van der Waals surface area contributed by atoms with Crippen molar-refractivity contribution in [3.63, 3.8) is 0 Å². The molecule has 2 aliphatic heterocycles. The molecule has 1 N–H and O–H groups in total. The van der Waals surface area contributed by atoms with Crippen LogP contribution in [0.1, 0.15) is 53.0 Å². The van der Waals surface area contributed by atoms with Crippen molar-refractivity contribution in [1.29, 1.82) is 0 Å². The fourth-order valence-electron chi connectivity index (χ4n) is 6.14. The van der Waals surface area contributed by atoms with E-state index in [1.54, 1.807) is 6.07 Å². The van der Waals surface area contributed by atoms with Gasteiger partial charge in [-0.2, -0.15) is 4.31 Å². The van der Waals surface area contributed by atoms with Gasteiger partial charge in [-0.1, -0.05) is 29.5 Å². The van der Waals surface area contributed by atoms with E-state index in [0.717, 1.165) is 45.4 Å². The number of aliphatic carboxylic acids is 1. The fraction of sp³-hybridized carbons (Fsp3) is 0.419. The molecule has 224 valence electrons. The first kappa shape index (κ1) is 27.9. The molecule has 1 unspecified atom stereocenters. The van der Waals surface area contributed by atoms with Gasteiger partial charge >= 0.3 is 5.97 Å². The first-order valence-electron chi connectivity index (χ1n) is 14.5. The Hall–Kier alpha value is -3.87. The predicted octanol–water partition coefficient (Wildman–Crippen LogP) is 3.81. The summed E-state index contributed by atoms with van der Waals surface area (Å²) in [5, 5.41) is 18.8. The molecule has 2 aromatic carbocycles. The third kappa shape index (κ3) is 5.07. The lowest BCUT2D eigenvalue weighted by atomic mass is 9.84. The molecule has 1 spiro atoms. The second-order valence-electron chi connectivity index (χ2n) is 12.1. The molecule has 4 aromatic rings. The Morgan fingerprint density at radius 2 is 1.98 bits per heavy atom. The number of ether oxygens (including phenoxy) is 2. The second-order valence-corrected chi connectivity index (χ2v) is 14.0. The number of aryl methyl sites for hydroxylation is 2. The van der Waals surface area contributed by atoms with Gasteiger partial charge < -0.3 is 14.6 Å². The number of carbonyl (C=O) groups is 1. The summed E-state index contributed by atoms with van der Waals surface area (Å²) >= 11 is 0. The minimum atomic E-state index is -3.94. The van der Waals surface area contributed by atoms with E-state index in [2.05, 4.69) is 15.3 Å². The van der Waals surface area contributed by atoms with Gasteiger partial charge in [0.25, 0.3) is 0 Å². The molecular weight excluding hydrogens is 570 g/mol. The van der Waals surface area contributed by atoms with Gasteiger partial charge in [-0.05, 0) is 78.6 Å². The zero-order valence-corrected chi connectivity index (χ0v) is 24.9. The van der Waals surface area contributed by atoms with Crippen molar-refractivity contribution < 1.29 is 27.8 Å². The van der Waals surface area contributed by atoms with Crippen molar-refractivity contribution in [1.82, 2.24) is 24.3 Å². The Kier molecular flexibility index (Phi) is 6.75. The Bertz CT molecular complexity index is 1850. The van der Waals surface area contributed by atoms with Gasteiger partial charge in [-0.25, -0.2) is 18.1 Å². The van der Waals surface area contributed by atoms with Gasteiger partial charge in [0, 0.05) is 25.2 Å². The first-order chi connectivity index (χ1) is 20.6. The molecule has 0 amide bonds. The Morgan fingerprint density at radius 1 is 1.16 bits per heavy atom. The topological polar surface area (TPSA) is 137 Å². The molecule has 11 nitrogen and oxygen atoms in total. The van der Waals surface area contributed by atoms with Crippen LogP contribution in [0.5, 0.6) is 5.88 Å². The van der Waals surface area contributed by atoms with E-state index in [1.165, 1.54) is 29.4 Å². The van der Waals surface area contributed by atoms with Crippen LogP contribution in [0, 0.1) is 19.8 Å². The summed E-state index contributed by atoms with van der Waals surface area (Å²) in [7, 11) is -3.94. The number of hydrogen-bond donors (Lipinski definition) is 1. The molecule has 2 aromatic heterocycles. The zero-order valence-electron chi connectivity index (χ0n) is 24.1. The Labute approximate surface area is 249 Å². The van der Waals surface area contributed by atoms with Crippen LogP contribution in [-0.2, 0) is 32.6 Å². The highest BCUT2D eigenvalue weighted by molar-refractivity contribution is 7.89. The molecule has 0 radical (unpaired) electrons. The molecule has 1 atom stereocenters. The fourth-order valence-corrected chi connectivity index (χ4v) is 7.70. The maximum atomic E-state index is 13.9. The highest BCUT2D eigenvalue weighted by atomic mass is 32.2. The van der Waals surface area contributed by atoms with Crippen LogP contribution in [0.25, 0.3) is 11.0 Å². The number of aromatic nitrogens is 4. The maximum absolute atomic E-state index is 13.9. The summed E-state index contributed by atoms with van der Waals surface area (Å²) in [6.45, 7) is 5.47. The van der Waals surface area contributed by atoms with Crippen LogP contribution >= 0.6 is 0 Å². The molecule has 3 aliphatic rings. The molecule has 1 saturated heterocycles. The van der Waals surface area contributed by atoms with Crippen molar-refractivity contribution in [3.05, 3.63) is 76.5 Å². The number of benzene rings is 2. The van der Waals surface area contributed by atoms with Gasteiger partial charge in [-0.3, -0.25) is 4.79 Å². The highest BCUT2D eigenvalue weighted by Gasteiger charge is 2.49. The Balaban J connectivity index is 1.26. The third-order valence-corrected chi connectivity index (χ3v) is 10.7. The number of hydrogen-bond acceptors (Lipinski definition) is 8. The number of fused-ring (bicyclic) bond motifs is 2. The number of carboxylic acids is 1. The van der Waals surface area contributed by atoms with Crippen molar-refractivity contribution in [3.8, 4) is 5.88 Å². The summed E-state index contributed by atoms with van der Waals surface area (Å²) in [4.78, 5) is 16.4. The van der Waals surface area contributed by atoms with Gasteiger partial charge in [0.15, 0.2) is 5.60 Å². The van der Waals surface area contributed by atoms with E-state index in [4.69, 9.17) is 9.47 Å². The number of rotatable bonds is 8. The minimum absolute atomic E-state index is 0.0231. The molecular formula is C31H33N5O6S. The number of nitrogens with zero attached hydrogens (tertiary/aromatic N) is 5. The van der Waals surface area contributed by atoms with Gasteiger partial charge in [0.2, 0.25) is 15.9 Å². The van der Waals surface area contributed by atoms with E-state index in [1.807, 2.05) is 48.9 Å². The molecule has 0 bridgehead atoms. The van der Waals surface area contributed by atoms with Crippen molar-refractivity contribution in [2.45, 2.75) is 62.6 Å². The smallest absolute Gasteiger partial charge is 0.304 e. The van der Waals surface area contributed by atoms with Crippen molar-refractivity contribution >= 4 is 27.0 Å². The molecule has 43 heavy (non-hydrogen) atoms. The normalized spacial score (nSPS) is 19.8. The van der Waals surface area contributed by atoms with Crippen LogP contribution in [0.3, 0.4) is 0 Å². The molecule has 1 aliphatic carbocycles. The number of carboxylic acid groups (broad SMARTS) is 1. The van der Waals surface area contributed by atoms with Gasteiger partial charge in [-0.15, -0.1) is 5.10 Å². The van der Waals surface area contributed by atoms with E-state index < -0.39 is 27.5 Å². The average molecular weight is 604 g/mol. The number of pyridine rings is 1. The molecule has 7 rings (SSSR count). The Morgan fingerprint density at radius 3 is 2.70 bits per heavy atom.